The van der Waals surface area contributed by atoms with Crippen LogP contribution >= 0.6 is 15.9 Å². The van der Waals surface area contributed by atoms with Crippen molar-refractivity contribution in [3.05, 3.63) is 34.8 Å². The summed E-state index contributed by atoms with van der Waals surface area (Å²) in [5.74, 6) is -2.65. The molecule has 6 nitrogen and oxygen atoms in total. The quantitative estimate of drug-likeness (QED) is 0.782. The second-order valence-electron chi connectivity index (χ2n) is 5.80. The molecular formula is C16H16BrNO5. The fourth-order valence-electron chi connectivity index (χ4n) is 3.27. The number of aliphatic carboxylic acids is 1. The second-order valence-corrected chi connectivity index (χ2v) is 6.72. The molecule has 4 atom stereocenters. The van der Waals surface area contributed by atoms with Crippen LogP contribution < -0.4 is 10.1 Å². The van der Waals surface area contributed by atoms with Crippen LogP contribution in [0.15, 0.2) is 34.8 Å². The minimum atomic E-state index is -1.04. The number of hydrogen-bond donors (Lipinski definition) is 2. The molecule has 1 saturated heterocycles. The molecular weight excluding hydrogens is 366 g/mol. The molecule has 2 heterocycles. The Kier molecular flexibility index (Phi) is 3.93. The fraction of sp³-hybridized carbons (Fsp3) is 0.375. The van der Waals surface area contributed by atoms with Gasteiger partial charge < -0.3 is 19.9 Å². The SMILES string of the molecule is COc1ccc(Br)cc1NC(=O)[C@@H]1[C@H](C(=O)O)[C@H]2C=C[C@@]1(C)O2. The molecule has 0 unspecified atom stereocenters. The highest BCUT2D eigenvalue weighted by Gasteiger charge is 2.59. The Morgan fingerprint density at radius 1 is 1.43 bits per heavy atom. The smallest absolute Gasteiger partial charge is 0.310 e. The van der Waals surface area contributed by atoms with Crippen LogP contribution in [0.2, 0.25) is 0 Å². The summed E-state index contributed by atoms with van der Waals surface area (Å²) in [5.41, 5.74) is -0.428. The molecule has 0 saturated carbocycles. The zero-order chi connectivity index (χ0) is 16.8. The molecule has 2 aliphatic rings. The minimum Gasteiger partial charge on any atom is -0.495 e. The number of amides is 1. The van der Waals surface area contributed by atoms with Crippen molar-refractivity contribution in [2.45, 2.75) is 18.6 Å². The minimum absolute atomic E-state index is 0.400. The van der Waals surface area contributed by atoms with Gasteiger partial charge in [0.2, 0.25) is 5.91 Å². The molecule has 0 spiro atoms. The van der Waals surface area contributed by atoms with E-state index in [1.54, 1.807) is 37.3 Å². The first kappa shape index (κ1) is 16.0. The lowest BCUT2D eigenvalue weighted by molar-refractivity contribution is -0.146. The number of benzene rings is 1. The third-order valence-electron chi connectivity index (χ3n) is 4.32. The summed E-state index contributed by atoms with van der Waals surface area (Å²) in [6, 6.07) is 5.21. The molecule has 0 aromatic heterocycles. The molecule has 1 amide bonds. The van der Waals surface area contributed by atoms with Gasteiger partial charge in [-0.25, -0.2) is 0 Å². The molecule has 3 rings (SSSR count). The summed E-state index contributed by atoms with van der Waals surface area (Å²) in [4.78, 5) is 24.3. The van der Waals surface area contributed by atoms with Crippen LogP contribution in [0.3, 0.4) is 0 Å². The van der Waals surface area contributed by atoms with Gasteiger partial charge in [-0.2, -0.15) is 0 Å². The molecule has 0 aliphatic carbocycles. The van der Waals surface area contributed by atoms with Crippen LogP contribution in [0.25, 0.3) is 0 Å². The van der Waals surface area contributed by atoms with Crippen LogP contribution in [0.4, 0.5) is 5.69 Å². The van der Waals surface area contributed by atoms with Crippen molar-refractivity contribution in [3.8, 4) is 5.75 Å². The summed E-state index contributed by atoms with van der Waals surface area (Å²) < 4.78 is 11.7. The summed E-state index contributed by atoms with van der Waals surface area (Å²) >= 11 is 3.34. The highest BCUT2D eigenvalue weighted by Crippen LogP contribution is 2.47. The van der Waals surface area contributed by atoms with Gasteiger partial charge in [0.25, 0.3) is 0 Å². The van der Waals surface area contributed by atoms with E-state index in [9.17, 15) is 14.7 Å². The highest BCUT2D eigenvalue weighted by molar-refractivity contribution is 9.10. The number of anilines is 1. The van der Waals surface area contributed by atoms with Crippen molar-refractivity contribution in [1.82, 2.24) is 0 Å². The molecule has 1 aromatic carbocycles. The number of ether oxygens (including phenoxy) is 2. The number of hydrogen-bond acceptors (Lipinski definition) is 4. The average Bonchev–Trinajstić information content (AvgIpc) is 3.00. The zero-order valence-electron chi connectivity index (χ0n) is 12.6. The number of carbonyl (C=O) groups is 2. The molecule has 2 bridgehead atoms. The van der Waals surface area contributed by atoms with Crippen LogP contribution in [-0.2, 0) is 14.3 Å². The largest absolute Gasteiger partial charge is 0.495 e. The highest BCUT2D eigenvalue weighted by atomic mass is 79.9. The maximum absolute atomic E-state index is 12.7. The van der Waals surface area contributed by atoms with Crippen molar-refractivity contribution < 1.29 is 24.2 Å². The van der Waals surface area contributed by atoms with Crippen LogP contribution in [0, 0.1) is 11.8 Å². The van der Waals surface area contributed by atoms with Gasteiger partial charge in [-0.15, -0.1) is 0 Å². The van der Waals surface area contributed by atoms with Crippen molar-refractivity contribution in [2.75, 3.05) is 12.4 Å². The number of fused-ring (bicyclic) bond motifs is 2. The molecule has 122 valence electrons. The van der Waals surface area contributed by atoms with Crippen LogP contribution in [0.1, 0.15) is 6.92 Å². The summed E-state index contributed by atoms with van der Waals surface area (Å²) in [6.07, 6.45) is 2.90. The van der Waals surface area contributed by atoms with E-state index < -0.39 is 35.4 Å². The van der Waals surface area contributed by atoms with E-state index in [1.165, 1.54) is 7.11 Å². The van der Waals surface area contributed by atoms with Crippen molar-refractivity contribution >= 4 is 33.5 Å². The Balaban J connectivity index is 1.90. The summed E-state index contributed by atoms with van der Waals surface area (Å²) in [6.45, 7) is 1.73. The monoisotopic (exact) mass is 381 g/mol. The van der Waals surface area contributed by atoms with Gasteiger partial charge in [-0.05, 0) is 25.1 Å². The van der Waals surface area contributed by atoms with Gasteiger partial charge in [0, 0.05) is 4.47 Å². The predicted octanol–water partition coefficient (Wildman–Crippen LogP) is 2.44. The normalized spacial score (nSPS) is 31.2. The number of halogens is 1. The number of rotatable bonds is 4. The van der Waals surface area contributed by atoms with Crippen LogP contribution in [-0.4, -0.2) is 35.8 Å². The number of nitrogens with one attached hydrogen (secondary N) is 1. The Morgan fingerprint density at radius 3 is 2.83 bits per heavy atom. The zero-order valence-corrected chi connectivity index (χ0v) is 14.2. The molecule has 2 aliphatic heterocycles. The van der Waals surface area contributed by atoms with Gasteiger partial charge in [0.1, 0.15) is 11.7 Å². The maximum atomic E-state index is 12.7. The third-order valence-corrected chi connectivity index (χ3v) is 4.82. The van der Waals surface area contributed by atoms with E-state index in [4.69, 9.17) is 9.47 Å². The Bertz CT molecular complexity index is 704. The second kappa shape index (κ2) is 5.65. The first-order chi connectivity index (χ1) is 10.9. The van der Waals surface area contributed by atoms with Gasteiger partial charge in [-0.1, -0.05) is 28.1 Å². The fourth-order valence-corrected chi connectivity index (χ4v) is 3.63. The van der Waals surface area contributed by atoms with Gasteiger partial charge in [0.15, 0.2) is 0 Å². The number of carbonyl (C=O) groups excluding carboxylic acids is 1. The van der Waals surface area contributed by atoms with E-state index in [0.29, 0.717) is 11.4 Å². The predicted molar refractivity (Wildman–Crippen MR) is 86.4 cm³/mol. The Labute approximate surface area is 141 Å². The summed E-state index contributed by atoms with van der Waals surface area (Å²) in [7, 11) is 1.50. The molecule has 23 heavy (non-hydrogen) atoms. The Morgan fingerprint density at radius 2 is 2.17 bits per heavy atom. The maximum Gasteiger partial charge on any atom is 0.310 e. The van der Waals surface area contributed by atoms with E-state index in [0.717, 1.165) is 4.47 Å². The average molecular weight is 382 g/mol. The third kappa shape index (κ3) is 2.64. The van der Waals surface area contributed by atoms with E-state index in [2.05, 4.69) is 21.2 Å². The molecule has 1 aromatic rings. The Hall–Kier alpha value is -1.86. The molecule has 2 N–H and O–H groups in total. The number of methoxy groups -OCH3 is 1. The lowest BCUT2D eigenvalue weighted by atomic mass is 9.75. The lowest BCUT2D eigenvalue weighted by Gasteiger charge is -2.28. The summed E-state index contributed by atoms with van der Waals surface area (Å²) in [5, 5.41) is 12.2. The van der Waals surface area contributed by atoms with Crippen LogP contribution in [0.5, 0.6) is 5.75 Å². The molecule has 7 heteroatoms. The van der Waals surface area contributed by atoms with Crippen molar-refractivity contribution in [1.29, 1.82) is 0 Å². The lowest BCUT2D eigenvalue weighted by Crippen LogP contribution is -2.44. The van der Waals surface area contributed by atoms with E-state index in [-0.39, 0.29) is 0 Å². The van der Waals surface area contributed by atoms with E-state index >= 15 is 0 Å². The number of carboxylic acids is 1. The van der Waals surface area contributed by atoms with Gasteiger partial charge >= 0.3 is 5.97 Å². The van der Waals surface area contributed by atoms with Crippen molar-refractivity contribution in [2.24, 2.45) is 11.8 Å². The topological polar surface area (TPSA) is 84.9 Å². The first-order valence-corrected chi connectivity index (χ1v) is 7.89. The van der Waals surface area contributed by atoms with Gasteiger partial charge in [-0.3, -0.25) is 9.59 Å². The standard InChI is InChI=1S/C16H16BrNO5/c1-16-6-5-11(23-16)12(15(20)21)13(16)14(19)18-9-7-8(17)3-4-10(9)22-2/h3-7,11-13H,1-2H3,(H,18,19)(H,20,21)/t11-,12-,13+,16-/m1/s1. The van der Waals surface area contributed by atoms with Crippen molar-refractivity contribution in [3.63, 3.8) is 0 Å². The first-order valence-electron chi connectivity index (χ1n) is 7.10. The number of carboxylic acid groups (broad SMARTS) is 1. The molecule has 1 fully saturated rings. The van der Waals surface area contributed by atoms with Gasteiger partial charge in [0.05, 0.1) is 30.4 Å². The van der Waals surface area contributed by atoms with E-state index in [1.807, 2.05) is 0 Å². The molecule has 0 radical (unpaired) electrons.